The van der Waals surface area contributed by atoms with E-state index < -0.39 is 0 Å². The second kappa shape index (κ2) is 9.51. The number of methoxy groups -OCH3 is 3. The molecule has 0 saturated carbocycles. The van der Waals surface area contributed by atoms with Gasteiger partial charge in [0, 0.05) is 23.4 Å². The van der Waals surface area contributed by atoms with Crippen molar-refractivity contribution >= 4 is 17.7 Å². The highest BCUT2D eigenvalue weighted by Gasteiger charge is 2.10. The molecule has 5 nitrogen and oxygen atoms in total. The van der Waals surface area contributed by atoms with Crippen molar-refractivity contribution in [2.24, 2.45) is 0 Å². The van der Waals surface area contributed by atoms with Crippen LogP contribution in [-0.2, 0) is 11.2 Å². The summed E-state index contributed by atoms with van der Waals surface area (Å²) in [5, 5.41) is 2.85. The lowest BCUT2D eigenvalue weighted by atomic mass is 10.1. The predicted octanol–water partition coefficient (Wildman–Crippen LogP) is 4.32. The number of carbonyl (C=O) groups is 1. The predicted molar refractivity (Wildman–Crippen MR) is 104 cm³/mol. The van der Waals surface area contributed by atoms with E-state index in [4.69, 9.17) is 14.2 Å². The van der Waals surface area contributed by atoms with Crippen LogP contribution >= 0.6 is 0 Å². The molecule has 138 valence electrons. The summed E-state index contributed by atoms with van der Waals surface area (Å²) in [5.74, 6) is 1.51. The fourth-order valence-corrected chi connectivity index (χ4v) is 2.58. The van der Waals surface area contributed by atoms with E-state index in [0.717, 1.165) is 24.1 Å². The monoisotopic (exact) mass is 355 g/mol. The van der Waals surface area contributed by atoms with E-state index >= 15 is 0 Å². The van der Waals surface area contributed by atoms with Gasteiger partial charge in [-0.05, 0) is 36.3 Å². The van der Waals surface area contributed by atoms with Gasteiger partial charge in [-0.15, -0.1) is 0 Å². The van der Waals surface area contributed by atoms with E-state index in [-0.39, 0.29) is 5.91 Å². The summed E-state index contributed by atoms with van der Waals surface area (Å²) in [6.45, 7) is 2.14. The molecule has 0 unspecified atom stereocenters. The van der Waals surface area contributed by atoms with Crippen LogP contribution in [0.25, 0.3) is 6.08 Å². The topological polar surface area (TPSA) is 56.8 Å². The van der Waals surface area contributed by atoms with Crippen LogP contribution in [0.3, 0.4) is 0 Å². The van der Waals surface area contributed by atoms with E-state index in [0.29, 0.717) is 17.2 Å². The molecule has 0 bridgehead atoms. The van der Waals surface area contributed by atoms with Crippen molar-refractivity contribution in [2.75, 3.05) is 26.6 Å². The number of hydrogen-bond donors (Lipinski definition) is 1. The van der Waals surface area contributed by atoms with Gasteiger partial charge in [0.05, 0.1) is 21.3 Å². The second-order valence-electron chi connectivity index (χ2n) is 5.72. The maximum Gasteiger partial charge on any atom is 0.248 e. The number of benzene rings is 2. The highest BCUT2D eigenvalue weighted by Crippen LogP contribution is 2.35. The van der Waals surface area contributed by atoms with E-state index in [1.807, 2.05) is 24.3 Å². The van der Waals surface area contributed by atoms with Crippen molar-refractivity contribution in [2.45, 2.75) is 19.8 Å². The average Bonchev–Trinajstić information content (AvgIpc) is 2.67. The van der Waals surface area contributed by atoms with Crippen LogP contribution in [0.5, 0.6) is 17.2 Å². The van der Waals surface area contributed by atoms with Gasteiger partial charge >= 0.3 is 0 Å². The van der Waals surface area contributed by atoms with E-state index in [9.17, 15) is 4.79 Å². The lowest BCUT2D eigenvalue weighted by Crippen LogP contribution is -2.07. The quantitative estimate of drug-likeness (QED) is 0.717. The van der Waals surface area contributed by atoms with E-state index in [2.05, 4.69) is 12.2 Å². The minimum Gasteiger partial charge on any atom is -0.496 e. The van der Waals surface area contributed by atoms with Crippen molar-refractivity contribution in [3.05, 3.63) is 53.6 Å². The third-order valence-corrected chi connectivity index (χ3v) is 3.91. The molecule has 2 aromatic rings. The van der Waals surface area contributed by atoms with Crippen molar-refractivity contribution in [1.29, 1.82) is 0 Å². The molecule has 0 aliphatic carbocycles. The van der Waals surface area contributed by atoms with Crippen LogP contribution in [0.2, 0.25) is 0 Å². The molecule has 0 atom stereocenters. The molecular formula is C21H25NO4. The van der Waals surface area contributed by atoms with Gasteiger partial charge in [0.2, 0.25) is 5.91 Å². The van der Waals surface area contributed by atoms with Crippen LogP contribution in [0.4, 0.5) is 5.69 Å². The molecule has 1 amide bonds. The lowest BCUT2D eigenvalue weighted by Gasteiger charge is -2.12. The number of anilines is 1. The Hall–Kier alpha value is -2.95. The Morgan fingerprint density at radius 3 is 2.15 bits per heavy atom. The summed E-state index contributed by atoms with van der Waals surface area (Å²) >= 11 is 0. The first-order valence-corrected chi connectivity index (χ1v) is 8.49. The number of rotatable bonds is 8. The summed E-state index contributed by atoms with van der Waals surface area (Å²) in [6.07, 6.45) is 5.28. The summed E-state index contributed by atoms with van der Waals surface area (Å²) in [5.41, 5.74) is 2.74. The van der Waals surface area contributed by atoms with Gasteiger partial charge in [0.15, 0.2) is 11.5 Å². The molecule has 5 heteroatoms. The van der Waals surface area contributed by atoms with E-state index in [1.54, 1.807) is 39.5 Å². The van der Waals surface area contributed by atoms with Crippen LogP contribution in [0.15, 0.2) is 42.5 Å². The Morgan fingerprint density at radius 2 is 1.58 bits per heavy atom. The van der Waals surface area contributed by atoms with Gasteiger partial charge in [-0.3, -0.25) is 4.79 Å². The summed E-state index contributed by atoms with van der Waals surface area (Å²) < 4.78 is 15.9. The first-order chi connectivity index (χ1) is 12.6. The van der Waals surface area contributed by atoms with Crippen molar-refractivity contribution in [3.63, 3.8) is 0 Å². The molecule has 0 fully saturated rings. The maximum absolute atomic E-state index is 12.2. The molecule has 0 aromatic heterocycles. The SMILES string of the molecule is CCCc1ccc(NC(=O)/C=C/c2cc(OC)c(OC)cc2OC)cc1. The standard InChI is InChI=1S/C21H25NO4/c1-5-6-15-7-10-17(11-8-15)22-21(23)12-9-16-13-19(25-3)20(26-4)14-18(16)24-2/h7-14H,5-6H2,1-4H3,(H,22,23)/b12-9+. The minimum absolute atomic E-state index is 0.218. The zero-order valence-electron chi connectivity index (χ0n) is 15.7. The van der Waals surface area contributed by atoms with Gasteiger partial charge in [0.1, 0.15) is 5.75 Å². The fourth-order valence-electron chi connectivity index (χ4n) is 2.58. The second-order valence-corrected chi connectivity index (χ2v) is 5.72. The molecule has 2 rings (SSSR count). The zero-order chi connectivity index (χ0) is 18.9. The summed E-state index contributed by atoms with van der Waals surface area (Å²) in [6, 6.07) is 11.4. The summed E-state index contributed by atoms with van der Waals surface area (Å²) in [7, 11) is 4.69. The van der Waals surface area contributed by atoms with E-state index in [1.165, 1.54) is 11.6 Å². The average molecular weight is 355 g/mol. The van der Waals surface area contributed by atoms with Crippen LogP contribution in [-0.4, -0.2) is 27.2 Å². The van der Waals surface area contributed by atoms with Crippen LogP contribution in [0, 0.1) is 0 Å². The van der Waals surface area contributed by atoms with Gasteiger partial charge in [0.25, 0.3) is 0 Å². The Morgan fingerprint density at radius 1 is 0.962 bits per heavy atom. The van der Waals surface area contributed by atoms with Crippen molar-refractivity contribution in [1.82, 2.24) is 0 Å². The Balaban J connectivity index is 2.11. The molecule has 0 radical (unpaired) electrons. The smallest absolute Gasteiger partial charge is 0.248 e. The molecular weight excluding hydrogens is 330 g/mol. The fraction of sp³-hybridized carbons (Fsp3) is 0.286. The number of nitrogens with one attached hydrogen (secondary N) is 1. The zero-order valence-corrected chi connectivity index (χ0v) is 15.7. The van der Waals surface area contributed by atoms with Gasteiger partial charge in [-0.2, -0.15) is 0 Å². The third-order valence-electron chi connectivity index (χ3n) is 3.91. The molecule has 0 aliphatic rings. The minimum atomic E-state index is -0.218. The Kier molecular flexibility index (Phi) is 7.09. The first kappa shape index (κ1) is 19.4. The van der Waals surface area contributed by atoms with Crippen molar-refractivity contribution < 1.29 is 19.0 Å². The number of aryl methyl sites for hydroxylation is 1. The molecule has 1 N–H and O–H groups in total. The van der Waals surface area contributed by atoms with Crippen molar-refractivity contribution in [3.8, 4) is 17.2 Å². The molecule has 0 aliphatic heterocycles. The molecule has 0 saturated heterocycles. The Labute approximate surface area is 154 Å². The van der Waals surface area contributed by atoms with Gasteiger partial charge in [-0.25, -0.2) is 0 Å². The number of carbonyl (C=O) groups excluding carboxylic acids is 1. The molecule has 0 heterocycles. The normalized spacial score (nSPS) is 10.6. The summed E-state index contributed by atoms with van der Waals surface area (Å²) in [4.78, 5) is 12.2. The number of amides is 1. The van der Waals surface area contributed by atoms with Crippen LogP contribution < -0.4 is 19.5 Å². The van der Waals surface area contributed by atoms with Crippen LogP contribution in [0.1, 0.15) is 24.5 Å². The first-order valence-electron chi connectivity index (χ1n) is 8.49. The number of hydrogen-bond acceptors (Lipinski definition) is 4. The van der Waals surface area contributed by atoms with Gasteiger partial charge < -0.3 is 19.5 Å². The van der Waals surface area contributed by atoms with Gasteiger partial charge in [-0.1, -0.05) is 25.5 Å². The third kappa shape index (κ3) is 5.02. The Bertz CT molecular complexity index is 766. The lowest BCUT2D eigenvalue weighted by molar-refractivity contribution is -0.111. The molecule has 0 spiro atoms. The maximum atomic E-state index is 12.2. The highest BCUT2D eigenvalue weighted by atomic mass is 16.5. The largest absolute Gasteiger partial charge is 0.496 e. The number of ether oxygens (including phenoxy) is 3. The molecule has 2 aromatic carbocycles. The molecule has 26 heavy (non-hydrogen) atoms. The highest BCUT2D eigenvalue weighted by molar-refractivity contribution is 6.02.